The van der Waals surface area contributed by atoms with Gasteiger partial charge in [-0.05, 0) is 79.4 Å². The highest BCUT2D eigenvalue weighted by Gasteiger charge is 2.50. The lowest BCUT2D eigenvalue weighted by molar-refractivity contribution is -0.0908. The SMILES string of the molecule is OC(c1ccc(Cl)cc1)C1C2CC3CC(C2)CC1C3. The Morgan fingerprint density at radius 3 is 1.95 bits per heavy atom. The Morgan fingerprint density at radius 2 is 1.42 bits per heavy atom. The van der Waals surface area contributed by atoms with E-state index in [1.165, 1.54) is 32.1 Å². The van der Waals surface area contributed by atoms with Gasteiger partial charge in [-0.3, -0.25) is 0 Å². The van der Waals surface area contributed by atoms with Crippen LogP contribution < -0.4 is 0 Å². The predicted molar refractivity (Wildman–Crippen MR) is 76.9 cm³/mol. The van der Waals surface area contributed by atoms with Crippen molar-refractivity contribution in [3.63, 3.8) is 0 Å². The first-order valence-corrected chi connectivity index (χ1v) is 8.02. The maximum absolute atomic E-state index is 10.8. The number of hydrogen-bond donors (Lipinski definition) is 1. The van der Waals surface area contributed by atoms with Crippen LogP contribution in [0.1, 0.15) is 43.8 Å². The van der Waals surface area contributed by atoms with Gasteiger partial charge in [0.1, 0.15) is 0 Å². The molecular weight excluding hydrogens is 256 g/mol. The minimum absolute atomic E-state index is 0.285. The van der Waals surface area contributed by atoms with Gasteiger partial charge in [-0.25, -0.2) is 0 Å². The van der Waals surface area contributed by atoms with E-state index in [4.69, 9.17) is 11.6 Å². The van der Waals surface area contributed by atoms with Crippen molar-refractivity contribution in [3.05, 3.63) is 34.9 Å². The van der Waals surface area contributed by atoms with Crippen LogP contribution >= 0.6 is 11.6 Å². The largest absolute Gasteiger partial charge is 0.388 e. The van der Waals surface area contributed by atoms with E-state index in [2.05, 4.69) is 0 Å². The lowest BCUT2D eigenvalue weighted by atomic mass is 9.50. The van der Waals surface area contributed by atoms with E-state index in [1.54, 1.807) is 0 Å². The predicted octanol–water partition coefficient (Wildman–Crippen LogP) is 4.45. The quantitative estimate of drug-likeness (QED) is 0.846. The Balaban J connectivity index is 1.60. The smallest absolute Gasteiger partial charge is 0.0823 e. The van der Waals surface area contributed by atoms with Crippen LogP contribution in [0.25, 0.3) is 0 Å². The summed E-state index contributed by atoms with van der Waals surface area (Å²) in [5, 5.41) is 11.6. The van der Waals surface area contributed by atoms with Gasteiger partial charge in [0.2, 0.25) is 0 Å². The van der Waals surface area contributed by atoms with Crippen LogP contribution in [0.4, 0.5) is 0 Å². The first-order valence-electron chi connectivity index (χ1n) is 7.64. The standard InChI is InChI=1S/C17H21ClO/c18-15-3-1-12(2-4-15)17(19)16-13-6-10-5-11(8-13)9-14(16)7-10/h1-4,10-11,13-14,16-17,19H,5-9H2. The molecule has 1 aromatic rings. The number of hydrogen-bond acceptors (Lipinski definition) is 1. The summed E-state index contributed by atoms with van der Waals surface area (Å²) < 4.78 is 0. The Morgan fingerprint density at radius 1 is 0.895 bits per heavy atom. The van der Waals surface area contributed by atoms with Crippen LogP contribution in [0.15, 0.2) is 24.3 Å². The van der Waals surface area contributed by atoms with Crippen molar-refractivity contribution < 1.29 is 5.11 Å². The van der Waals surface area contributed by atoms with Crippen LogP contribution in [0.3, 0.4) is 0 Å². The number of halogens is 1. The second-order valence-corrected chi connectivity index (χ2v) is 7.44. The number of aliphatic hydroxyl groups excluding tert-OH is 1. The Hall–Kier alpha value is -0.530. The molecule has 0 saturated heterocycles. The zero-order valence-corrected chi connectivity index (χ0v) is 11.9. The van der Waals surface area contributed by atoms with E-state index in [0.717, 1.165) is 34.3 Å². The fourth-order valence-electron chi connectivity index (χ4n) is 5.37. The van der Waals surface area contributed by atoms with Crippen molar-refractivity contribution in [2.24, 2.45) is 29.6 Å². The van der Waals surface area contributed by atoms with Crippen LogP contribution in [0.5, 0.6) is 0 Å². The summed E-state index contributed by atoms with van der Waals surface area (Å²) >= 11 is 5.94. The minimum Gasteiger partial charge on any atom is -0.388 e. The third-order valence-corrected chi connectivity index (χ3v) is 6.13. The van der Waals surface area contributed by atoms with Crippen molar-refractivity contribution in [2.45, 2.75) is 38.2 Å². The second kappa shape index (κ2) is 4.49. The molecule has 0 heterocycles. The van der Waals surface area contributed by atoms with E-state index in [9.17, 15) is 5.11 Å². The fourth-order valence-corrected chi connectivity index (χ4v) is 5.49. The summed E-state index contributed by atoms with van der Waals surface area (Å²) in [4.78, 5) is 0. The summed E-state index contributed by atoms with van der Waals surface area (Å²) in [6.45, 7) is 0. The van der Waals surface area contributed by atoms with Gasteiger partial charge in [-0.2, -0.15) is 0 Å². The molecule has 0 aliphatic heterocycles. The molecule has 102 valence electrons. The van der Waals surface area contributed by atoms with Gasteiger partial charge in [0, 0.05) is 5.02 Å². The average Bonchev–Trinajstić information content (AvgIpc) is 2.38. The fraction of sp³-hybridized carbons (Fsp3) is 0.647. The van der Waals surface area contributed by atoms with Gasteiger partial charge in [-0.15, -0.1) is 0 Å². The summed E-state index contributed by atoms with van der Waals surface area (Å²) in [5.74, 6) is 3.96. The van der Waals surface area contributed by atoms with Gasteiger partial charge in [0.25, 0.3) is 0 Å². The molecule has 0 amide bonds. The maximum Gasteiger partial charge on any atom is 0.0823 e. The molecule has 1 unspecified atom stereocenters. The van der Waals surface area contributed by atoms with Crippen LogP contribution in [0, 0.1) is 29.6 Å². The Kier molecular flexibility index (Phi) is 2.89. The summed E-state index contributed by atoms with van der Waals surface area (Å²) in [7, 11) is 0. The monoisotopic (exact) mass is 276 g/mol. The minimum atomic E-state index is -0.285. The molecule has 1 aromatic carbocycles. The first-order chi connectivity index (χ1) is 9.20. The molecule has 4 fully saturated rings. The second-order valence-electron chi connectivity index (χ2n) is 7.00. The van der Waals surface area contributed by atoms with Gasteiger partial charge >= 0.3 is 0 Å². The molecule has 4 aliphatic carbocycles. The van der Waals surface area contributed by atoms with Crippen molar-refractivity contribution in [1.29, 1.82) is 0 Å². The number of benzene rings is 1. The molecule has 0 aromatic heterocycles. The molecular formula is C17H21ClO. The first kappa shape index (κ1) is 12.2. The van der Waals surface area contributed by atoms with Gasteiger partial charge in [-0.1, -0.05) is 23.7 Å². The molecule has 1 atom stereocenters. The van der Waals surface area contributed by atoms with E-state index < -0.39 is 0 Å². The Labute approximate surface area is 120 Å². The lowest BCUT2D eigenvalue weighted by Crippen LogP contribution is -2.47. The summed E-state index contributed by atoms with van der Waals surface area (Å²) in [5.41, 5.74) is 1.06. The van der Waals surface area contributed by atoms with Crippen LogP contribution in [-0.2, 0) is 0 Å². The highest BCUT2D eigenvalue weighted by molar-refractivity contribution is 6.30. The molecule has 1 N–H and O–H groups in total. The summed E-state index contributed by atoms with van der Waals surface area (Å²) in [6, 6.07) is 7.79. The summed E-state index contributed by atoms with van der Waals surface area (Å²) in [6.07, 6.45) is 6.64. The molecule has 1 nitrogen and oxygen atoms in total. The Bertz CT molecular complexity index is 439. The molecule has 19 heavy (non-hydrogen) atoms. The van der Waals surface area contributed by atoms with Gasteiger partial charge in [0.15, 0.2) is 0 Å². The molecule has 0 spiro atoms. The van der Waals surface area contributed by atoms with Crippen molar-refractivity contribution in [3.8, 4) is 0 Å². The molecule has 4 bridgehead atoms. The highest BCUT2D eigenvalue weighted by Crippen LogP contribution is 2.59. The van der Waals surface area contributed by atoms with Crippen LogP contribution in [0.2, 0.25) is 5.02 Å². The van der Waals surface area contributed by atoms with Crippen molar-refractivity contribution >= 4 is 11.6 Å². The topological polar surface area (TPSA) is 20.2 Å². The molecule has 2 heteroatoms. The zero-order chi connectivity index (χ0) is 13.0. The number of rotatable bonds is 2. The normalized spacial score (nSPS) is 41.5. The van der Waals surface area contributed by atoms with E-state index in [0.29, 0.717) is 5.92 Å². The zero-order valence-electron chi connectivity index (χ0n) is 11.1. The number of aliphatic hydroxyl groups is 1. The van der Waals surface area contributed by atoms with E-state index in [-0.39, 0.29) is 6.10 Å². The molecule has 4 saturated carbocycles. The lowest BCUT2D eigenvalue weighted by Gasteiger charge is -2.55. The average molecular weight is 277 g/mol. The molecule has 0 radical (unpaired) electrons. The maximum atomic E-state index is 10.8. The van der Waals surface area contributed by atoms with E-state index in [1.807, 2.05) is 24.3 Å². The molecule has 4 aliphatic rings. The third-order valence-electron chi connectivity index (χ3n) is 5.88. The molecule has 5 rings (SSSR count). The van der Waals surface area contributed by atoms with Gasteiger partial charge in [0.05, 0.1) is 6.10 Å². The van der Waals surface area contributed by atoms with Crippen molar-refractivity contribution in [2.75, 3.05) is 0 Å². The van der Waals surface area contributed by atoms with Crippen molar-refractivity contribution in [1.82, 2.24) is 0 Å². The van der Waals surface area contributed by atoms with Gasteiger partial charge < -0.3 is 5.11 Å². The highest BCUT2D eigenvalue weighted by atomic mass is 35.5. The van der Waals surface area contributed by atoms with E-state index >= 15 is 0 Å². The third kappa shape index (κ3) is 2.02. The van der Waals surface area contributed by atoms with Crippen LogP contribution in [-0.4, -0.2) is 5.11 Å².